The first-order valence-corrected chi connectivity index (χ1v) is 26.1. The van der Waals surface area contributed by atoms with Crippen molar-refractivity contribution in [3.63, 3.8) is 0 Å². The number of rotatable bonds is 24. The molecule has 0 amide bonds. The fourth-order valence-electron chi connectivity index (χ4n) is 10.5. The summed E-state index contributed by atoms with van der Waals surface area (Å²) in [5.41, 5.74) is 8.46. The molecule has 0 saturated carbocycles. The van der Waals surface area contributed by atoms with E-state index in [0.717, 1.165) is 119 Å². The molecule has 2 N–H and O–H groups in total. The number of ether oxygens (including phenoxy) is 2. The van der Waals surface area contributed by atoms with Crippen LogP contribution in [-0.2, 0) is 12.8 Å². The van der Waals surface area contributed by atoms with E-state index in [1.54, 1.807) is 0 Å². The standard InChI is InChI=1S/2C29H50O2/c2*1-20(2)12-9-13-21(3)14-10-15-22(4)16-11-18-29(8)19-17-26-25(7)27(30)23(5)24(6)28(26)31-29/h2*20-22,30H,9-19H2,1-8H3/t2*21-,22-,29-/m11/s1. The summed E-state index contributed by atoms with van der Waals surface area (Å²) >= 11 is 0. The minimum Gasteiger partial charge on any atom is -0.507 e. The van der Waals surface area contributed by atoms with Crippen molar-refractivity contribution in [3.8, 4) is 23.0 Å². The number of phenols is 2. The zero-order valence-electron chi connectivity index (χ0n) is 43.7. The lowest BCUT2D eigenvalue weighted by Crippen LogP contribution is -2.37. The van der Waals surface area contributed by atoms with E-state index in [4.69, 9.17) is 9.47 Å². The van der Waals surface area contributed by atoms with E-state index in [9.17, 15) is 10.2 Å². The maximum absolute atomic E-state index is 10.4. The molecule has 0 spiro atoms. The van der Waals surface area contributed by atoms with Crippen LogP contribution in [0.1, 0.15) is 242 Å². The zero-order chi connectivity index (χ0) is 46.4. The van der Waals surface area contributed by atoms with Crippen LogP contribution < -0.4 is 9.47 Å². The van der Waals surface area contributed by atoms with Crippen molar-refractivity contribution in [2.45, 2.75) is 263 Å². The monoisotopic (exact) mass is 861 g/mol. The van der Waals surface area contributed by atoms with Gasteiger partial charge in [-0.2, -0.15) is 0 Å². The largest absolute Gasteiger partial charge is 0.507 e. The molecule has 0 unspecified atom stereocenters. The summed E-state index contributed by atoms with van der Waals surface area (Å²) < 4.78 is 13.2. The van der Waals surface area contributed by atoms with Crippen molar-refractivity contribution in [3.05, 3.63) is 44.5 Å². The van der Waals surface area contributed by atoms with Gasteiger partial charge < -0.3 is 19.7 Å². The topological polar surface area (TPSA) is 58.9 Å². The fourth-order valence-corrected chi connectivity index (χ4v) is 10.5. The molecule has 0 bridgehead atoms. The molecular weight excluding hydrogens is 761 g/mol. The maximum Gasteiger partial charge on any atom is 0.127 e. The number of phenolic OH excluding ortho intramolecular Hbond substituents is 2. The van der Waals surface area contributed by atoms with Crippen LogP contribution in [-0.4, -0.2) is 21.4 Å². The second kappa shape index (κ2) is 25.4. The molecule has 62 heavy (non-hydrogen) atoms. The Kier molecular flexibility index (Phi) is 22.1. The zero-order valence-corrected chi connectivity index (χ0v) is 43.7. The number of aromatic hydroxyl groups is 2. The van der Waals surface area contributed by atoms with Gasteiger partial charge in [-0.15, -0.1) is 0 Å². The molecule has 0 aliphatic carbocycles. The van der Waals surface area contributed by atoms with Gasteiger partial charge in [0.05, 0.1) is 0 Å². The summed E-state index contributed by atoms with van der Waals surface area (Å²) in [7, 11) is 0. The summed E-state index contributed by atoms with van der Waals surface area (Å²) in [6, 6.07) is 0. The average molecular weight is 861 g/mol. The van der Waals surface area contributed by atoms with Gasteiger partial charge in [-0.3, -0.25) is 0 Å². The van der Waals surface area contributed by atoms with Gasteiger partial charge >= 0.3 is 0 Å². The molecule has 2 aromatic rings. The fraction of sp³-hybridized carbons (Fsp3) is 0.793. The molecule has 2 aliphatic heterocycles. The van der Waals surface area contributed by atoms with Gasteiger partial charge in [0.25, 0.3) is 0 Å². The van der Waals surface area contributed by atoms with Crippen LogP contribution in [0.15, 0.2) is 0 Å². The van der Waals surface area contributed by atoms with E-state index in [1.165, 1.54) is 114 Å². The summed E-state index contributed by atoms with van der Waals surface area (Å²) in [6.07, 6.45) is 28.1. The van der Waals surface area contributed by atoms with E-state index >= 15 is 0 Å². The molecule has 2 aromatic carbocycles. The number of hydrogen-bond acceptors (Lipinski definition) is 4. The van der Waals surface area contributed by atoms with Crippen molar-refractivity contribution in [1.82, 2.24) is 0 Å². The Morgan fingerprint density at radius 1 is 0.403 bits per heavy atom. The quantitative estimate of drug-likeness (QED) is 0.110. The summed E-state index contributed by atoms with van der Waals surface area (Å²) in [4.78, 5) is 0. The molecule has 4 heteroatoms. The van der Waals surface area contributed by atoms with E-state index in [-0.39, 0.29) is 11.2 Å². The predicted molar refractivity (Wildman–Crippen MR) is 269 cm³/mol. The van der Waals surface area contributed by atoms with Crippen molar-refractivity contribution < 1.29 is 19.7 Å². The lowest BCUT2D eigenvalue weighted by atomic mass is 9.84. The summed E-state index contributed by atoms with van der Waals surface area (Å²) in [5.74, 6) is 8.07. The second-order valence-electron chi connectivity index (χ2n) is 22.9. The molecule has 4 nitrogen and oxygen atoms in total. The molecule has 0 saturated heterocycles. The lowest BCUT2D eigenvalue weighted by molar-refractivity contribution is 0.0509. The Labute approximate surface area is 384 Å². The van der Waals surface area contributed by atoms with Crippen molar-refractivity contribution in [2.75, 3.05) is 0 Å². The Morgan fingerprint density at radius 2 is 0.677 bits per heavy atom. The second-order valence-corrected chi connectivity index (χ2v) is 22.9. The molecule has 4 rings (SSSR count). The Hall–Kier alpha value is -2.36. The third-order valence-corrected chi connectivity index (χ3v) is 15.7. The predicted octanol–water partition coefficient (Wildman–Crippen LogP) is 17.7. The number of benzene rings is 2. The van der Waals surface area contributed by atoms with E-state index < -0.39 is 0 Å². The first kappa shape index (κ1) is 54.0. The molecule has 2 aliphatic rings. The highest BCUT2D eigenvalue weighted by Gasteiger charge is 2.35. The van der Waals surface area contributed by atoms with E-state index in [2.05, 4.69) is 83.1 Å². The van der Waals surface area contributed by atoms with Crippen LogP contribution in [0.4, 0.5) is 0 Å². The minimum atomic E-state index is -0.0712. The van der Waals surface area contributed by atoms with Crippen LogP contribution >= 0.6 is 0 Å². The number of hydrogen-bond donors (Lipinski definition) is 2. The van der Waals surface area contributed by atoms with Crippen LogP contribution in [0.25, 0.3) is 0 Å². The van der Waals surface area contributed by atoms with Crippen molar-refractivity contribution >= 4 is 0 Å². The average Bonchev–Trinajstić information content (AvgIpc) is 3.20. The van der Waals surface area contributed by atoms with Crippen LogP contribution in [0.2, 0.25) is 0 Å². The first-order valence-electron chi connectivity index (χ1n) is 26.1. The van der Waals surface area contributed by atoms with Crippen molar-refractivity contribution in [2.24, 2.45) is 35.5 Å². The van der Waals surface area contributed by atoms with Gasteiger partial charge in [0, 0.05) is 11.1 Å². The highest BCUT2D eigenvalue weighted by molar-refractivity contribution is 5.59. The lowest BCUT2D eigenvalue weighted by Gasteiger charge is -2.38. The molecule has 0 radical (unpaired) electrons. The molecule has 2 heterocycles. The van der Waals surface area contributed by atoms with Crippen LogP contribution in [0, 0.1) is 77.0 Å². The third-order valence-electron chi connectivity index (χ3n) is 15.7. The van der Waals surface area contributed by atoms with Crippen molar-refractivity contribution in [1.29, 1.82) is 0 Å². The van der Waals surface area contributed by atoms with Crippen LogP contribution in [0.3, 0.4) is 0 Å². The van der Waals surface area contributed by atoms with E-state index in [1.807, 2.05) is 27.7 Å². The summed E-state index contributed by atoms with van der Waals surface area (Å²) in [6.45, 7) is 35.9. The molecule has 0 fully saturated rings. The first-order chi connectivity index (χ1) is 29.1. The normalized spacial score (nSPS) is 20.4. The maximum atomic E-state index is 10.4. The van der Waals surface area contributed by atoms with E-state index in [0.29, 0.717) is 11.5 Å². The highest BCUT2D eigenvalue weighted by atomic mass is 16.5. The smallest absolute Gasteiger partial charge is 0.127 e. The molecular formula is C58H100O4. The highest BCUT2D eigenvalue weighted by Crippen LogP contribution is 2.46. The van der Waals surface area contributed by atoms with Gasteiger partial charge in [-0.25, -0.2) is 0 Å². The Balaban J connectivity index is 0.000000330. The van der Waals surface area contributed by atoms with Crippen LogP contribution in [0.5, 0.6) is 23.0 Å². The van der Waals surface area contributed by atoms with Gasteiger partial charge in [0.15, 0.2) is 0 Å². The minimum absolute atomic E-state index is 0.0712. The SMILES string of the molecule is Cc1c(C)c2c(c(C)c1O)CC[C@@](C)(CCC[C@H](C)CCC[C@H](C)CCCC(C)C)O2.Cc1c(C)c2c(c(C)c1O)CC[C@@](C)(CCC[C@H](C)CCC[C@H](C)CCCC(C)C)O2. The molecule has 6 atom stereocenters. The number of fused-ring (bicyclic) bond motifs is 2. The summed E-state index contributed by atoms with van der Waals surface area (Å²) in [5, 5.41) is 20.8. The van der Waals surface area contributed by atoms with Gasteiger partial charge in [-0.05, 0) is 176 Å². The Morgan fingerprint density at radius 3 is 0.968 bits per heavy atom. The Bertz CT molecular complexity index is 1530. The van der Waals surface area contributed by atoms with Gasteiger partial charge in [-0.1, -0.05) is 145 Å². The molecule has 0 aromatic heterocycles. The van der Waals surface area contributed by atoms with Gasteiger partial charge in [0.2, 0.25) is 0 Å². The molecule has 356 valence electrons. The van der Waals surface area contributed by atoms with Gasteiger partial charge in [0.1, 0.15) is 34.2 Å². The third kappa shape index (κ3) is 16.6.